The Kier molecular flexibility index (Phi) is 6.53. The lowest BCUT2D eigenvalue weighted by molar-refractivity contribution is 0.857. The van der Waals surface area contributed by atoms with Crippen molar-refractivity contribution >= 4 is 69.7 Å². The van der Waals surface area contributed by atoms with Crippen LogP contribution < -0.4 is 0 Å². The molecule has 3 heteroatoms. The van der Waals surface area contributed by atoms with Gasteiger partial charge in [-0.1, -0.05) is 140 Å². The van der Waals surface area contributed by atoms with E-state index in [1.165, 1.54) is 69.9 Å². The number of hydrogen-bond donors (Lipinski definition) is 0. The lowest BCUT2D eigenvalue weighted by Crippen LogP contribution is -1.99. The van der Waals surface area contributed by atoms with Crippen LogP contribution in [0, 0.1) is 0 Å². The number of thiophene rings is 1. The van der Waals surface area contributed by atoms with E-state index in [0.29, 0.717) is 5.92 Å². The van der Waals surface area contributed by atoms with Gasteiger partial charge in [-0.2, -0.15) is 0 Å². The predicted molar refractivity (Wildman–Crippen MR) is 209 cm³/mol. The van der Waals surface area contributed by atoms with Gasteiger partial charge in [0.15, 0.2) is 0 Å². The molecule has 49 heavy (non-hydrogen) atoms. The molecule has 1 aliphatic rings. The molecule has 0 radical (unpaired) electrons. The second-order valence-corrected chi connectivity index (χ2v) is 14.0. The van der Waals surface area contributed by atoms with Gasteiger partial charge >= 0.3 is 0 Å². The van der Waals surface area contributed by atoms with E-state index < -0.39 is 0 Å². The average Bonchev–Trinajstić information content (AvgIpc) is 3.57. The Hall–Kier alpha value is -5.90. The monoisotopic (exact) mass is 642 g/mol. The maximum absolute atomic E-state index is 4.76. The molecule has 0 N–H and O–H groups in total. The first-order valence-electron chi connectivity index (χ1n) is 16.8. The van der Waals surface area contributed by atoms with Crippen molar-refractivity contribution in [2.45, 2.75) is 12.3 Å². The molecule has 1 aliphatic carbocycles. The normalized spacial score (nSPS) is 14.7. The third kappa shape index (κ3) is 4.69. The zero-order valence-corrected chi connectivity index (χ0v) is 27.5. The first kappa shape index (κ1) is 28.1. The molecule has 2 aromatic heterocycles. The summed E-state index contributed by atoms with van der Waals surface area (Å²) in [4.78, 5) is 9.48. The minimum absolute atomic E-state index is 0.358. The average molecular weight is 643 g/mol. The Bertz CT molecular complexity index is 2770. The van der Waals surface area contributed by atoms with Crippen LogP contribution in [-0.2, 0) is 0 Å². The molecule has 0 saturated carbocycles. The van der Waals surface area contributed by atoms with E-state index in [0.717, 1.165) is 28.2 Å². The number of nitrogens with zero attached hydrogens (tertiary/aromatic N) is 2. The summed E-state index contributed by atoms with van der Waals surface area (Å²) in [6, 6.07) is 48.7. The molecule has 0 fully saturated rings. The third-order valence-electron chi connectivity index (χ3n) is 10.1. The number of hydrogen-bond acceptors (Lipinski definition) is 3. The zero-order chi connectivity index (χ0) is 32.3. The van der Waals surface area contributed by atoms with Gasteiger partial charge in [-0.05, 0) is 68.3 Å². The minimum atomic E-state index is 0.358. The molecule has 0 amide bonds. The molecule has 0 bridgehead atoms. The van der Waals surface area contributed by atoms with E-state index in [2.05, 4.69) is 152 Å². The molecule has 0 saturated heterocycles. The molecule has 1 atom stereocenters. The number of benzene rings is 7. The summed E-state index contributed by atoms with van der Waals surface area (Å²) in [7, 11) is 0. The van der Waals surface area contributed by atoms with Crippen molar-refractivity contribution in [3.63, 3.8) is 0 Å². The topological polar surface area (TPSA) is 25.8 Å². The van der Waals surface area contributed by atoms with Gasteiger partial charge in [0, 0.05) is 49.3 Å². The molecule has 2 nitrogen and oxygen atoms in total. The Morgan fingerprint density at radius 1 is 0.510 bits per heavy atom. The van der Waals surface area contributed by atoms with Gasteiger partial charge in [0.1, 0.15) is 0 Å². The fourth-order valence-corrected chi connectivity index (χ4v) is 8.90. The molecular formula is C46H30N2S. The lowest BCUT2D eigenvalue weighted by atomic mass is 9.86. The highest BCUT2D eigenvalue weighted by Crippen LogP contribution is 2.41. The van der Waals surface area contributed by atoms with Crippen molar-refractivity contribution in [1.29, 1.82) is 0 Å². The van der Waals surface area contributed by atoms with Crippen LogP contribution >= 0.6 is 11.3 Å². The maximum Gasteiger partial charge on any atom is 0.0971 e. The van der Waals surface area contributed by atoms with E-state index in [4.69, 9.17) is 9.97 Å². The second-order valence-electron chi connectivity index (χ2n) is 12.9. The van der Waals surface area contributed by atoms with Crippen molar-refractivity contribution in [3.05, 3.63) is 175 Å². The van der Waals surface area contributed by atoms with Gasteiger partial charge in [-0.15, -0.1) is 11.3 Å². The van der Waals surface area contributed by atoms with Gasteiger partial charge in [-0.25, -0.2) is 0 Å². The maximum atomic E-state index is 4.76. The van der Waals surface area contributed by atoms with Gasteiger partial charge in [0.2, 0.25) is 0 Å². The summed E-state index contributed by atoms with van der Waals surface area (Å²) in [5, 5.41) is 7.39. The molecule has 10 rings (SSSR count). The Balaban J connectivity index is 0.932. The second kappa shape index (κ2) is 11.4. The minimum Gasteiger partial charge on any atom is -0.252 e. The molecule has 1 unspecified atom stereocenters. The number of aromatic nitrogens is 2. The molecule has 7 aromatic carbocycles. The van der Waals surface area contributed by atoms with E-state index >= 15 is 0 Å². The van der Waals surface area contributed by atoms with Crippen molar-refractivity contribution in [3.8, 4) is 22.3 Å². The van der Waals surface area contributed by atoms with Gasteiger partial charge in [0.25, 0.3) is 0 Å². The van der Waals surface area contributed by atoms with E-state index in [1.807, 2.05) is 11.3 Å². The summed E-state index contributed by atoms with van der Waals surface area (Å²) in [5.74, 6) is 0.358. The first-order valence-corrected chi connectivity index (χ1v) is 17.7. The Labute approximate surface area is 288 Å². The van der Waals surface area contributed by atoms with Crippen LogP contribution in [0.15, 0.2) is 164 Å². The third-order valence-corrected chi connectivity index (χ3v) is 11.3. The summed E-state index contributed by atoms with van der Waals surface area (Å²) in [6.45, 7) is 0. The van der Waals surface area contributed by atoms with Crippen molar-refractivity contribution in [2.75, 3.05) is 0 Å². The summed E-state index contributed by atoms with van der Waals surface area (Å²) < 4.78 is 2.73. The van der Waals surface area contributed by atoms with Crippen LogP contribution in [0.4, 0.5) is 0 Å². The SMILES string of the molecule is C1=CC(c2cccc(-c3ccc(-c4ccc5c6ccccc6c6nccnc6c5c4)cc3)c2)CC=C1c1cccc2c1sc1ccccc12. The molecular weight excluding hydrogens is 613 g/mol. The molecule has 9 aromatic rings. The van der Waals surface area contributed by atoms with Crippen LogP contribution in [0.5, 0.6) is 0 Å². The smallest absolute Gasteiger partial charge is 0.0971 e. The molecule has 230 valence electrons. The van der Waals surface area contributed by atoms with Crippen LogP contribution in [-0.4, -0.2) is 9.97 Å². The largest absolute Gasteiger partial charge is 0.252 e. The van der Waals surface area contributed by atoms with Gasteiger partial charge in [0.05, 0.1) is 11.0 Å². The predicted octanol–water partition coefficient (Wildman–Crippen LogP) is 12.8. The van der Waals surface area contributed by atoms with Gasteiger partial charge in [-0.3, -0.25) is 9.97 Å². The van der Waals surface area contributed by atoms with Crippen LogP contribution in [0.3, 0.4) is 0 Å². The quantitative estimate of drug-likeness (QED) is 0.179. The van der Waals surface area contributed by atoms with E-state index in [1.54, 1.807) is 12.4 Å². The number of fused-ring (bicyclic) bond motifs is 9. The summed E-state index contributed by atoms with van der Waals surface area (Å²) in [6.07, 6.45) is 11.7. The summed E-state index contributed by atoms with van der Waals surface area (Å²) >= 11 is 1.90. The fourth-order valence-electron chi connectivity index (χ4n) is 7.66. The van der Waals surface area contributed by atoms with Crippen LogP contribution in [0.2, 0.25) is 0 Å². The number of rotatable bonds is 4. The summed E-state index contributed by atoms with van der Waals surface area (Å²) in [5.41, 5.74) is 10.7. The molecule has 0 spiro atoms. The van der Waals surface area contributed by atoms with Gasteiger partial charge < -0.3 is 0 Å². The van der Waals surface area contributed by atoms with Crippen LogP contribution in [0.1, 0.15) is 23.5 Å². The van der Waals surface area contributed by atoms with Crippen molar-refractivity contribution in [1.82, 2.24) is 9.97 Å². The highest BCUT2D eigenvalue weighted by atomic mass is 32.1. The zero-order valence-electron chi connectivity index (χ0n) is 26.7. The van der Waals surface area contributed by atoms with E-state index in [-0.39, 0.29) is 0 Å². The van der Waals surface area contributed by atoms with Crippen LogP contribution in [0.25, 0.3) is 80.6 Å². The lowest BCUT2D eigenvalue weighted by Gasteiger charge is -2.18. The Morgan fingerprint density at radius 2 is 1.16 bits per heavy atom. The highest BCUT2D eigenvalue weighted by Gasteiger charge is 2.17. The Morgan fingerprint density at radius 3 is 1.96 bits per heavy atom. The number of allylic oxidation sites excluding steroid dienone is 4. The van der Waals surface area contributed by atoms with Crippen molar-refractivity contribution in [2.24, 2.45) is 0 Å². The van der Waals surface area contributed by atoms with E-state index in [9.17, 15) is 0 Å². The molecule has 2 heterocycles. The van der Waals surface area contributed by atoms with Crippen molar-refractivity contribution < 1.29 is 0 Å². The fraction of sp³-hybridized carbons (Fsp3) is 0.0435. The first-order chi connectivity index (χ1) is 24.3. The highest BCUT2D eigenvalue weighted by molar-refractivity contribution is 7.26. The standard InChI is InChI=1S/C46H30N2S/c1-2-11-40-37(9-1)38-24-23-35(28-42(38)45-44(40)47-25-26-48-45)31-17-15-29(16-18-31)33-7-5-8-34(27-33)30-19-21-32(22-20-30)36-12-6-13-41-39-10-3-4-14-43(39)49-46(36)41/h1-19,21-28,30H,20H2. The molecule has 0 aliphatic heterocycles.